The number of benzene rings is 2. The van der Waals surface area contributed by atoms with E-state index < -0.39 is 30.0 Å². The lowest BCUT2D eigenvalue weighted by atomic mass is 10.00. The molecule has 0 radical (unpaired) electrons. The van der Waals surface area contributed by atoms with E-state index in [4.69, 9.17) is 5.73 Å². The topological polar surface area (TPSA) is 113 Å². The fourth-order valence-electron chi connectivity index (χ4n) is 3.60. The maximum Gasteiger partial charge on any atom is 0.243 e. The number of β-amino-alcohol motifs (C(OH)–C–C–N with tert-alkyl or cyclic N) is 1. The van der Waals surface area contributed by atoms with Crippen LogP contribution >= 0.6 is 0 Å². The van der Waals surface area contributed by atoms with Crippen molar-refractivity contribution in [1.29, 1.82) is 0 Å². The van der Waals surface area contributed by atoms with Crippen molar-refractivity contribution in [2.45, 2.75) is 38.0 Å². The molecule has 2 aromatic rings. The second kappa shape index (κ2) is 8.87. The number of aliphatic hydroxyl groups excluding tert-OH is 1. The Morgan fingerprint density at radius 3 is 2.31 bits per heavy atom. The summed E-state index contributed by atoms with van der Waals surface area (Å²) in [5, 5.41) is 12.4. The maximum atomic E-state index is 12.6. The molecule has 0 unspecified atom stereocenters. The Kier molecular flexibility index (Phi) is 6.29. The lowest BCUT2D eigenvalue weighted by Crippen LogP contribution is -2.52. The van der Waals surface area contributed by atoms with Gasteiger partial charge < -0.3 is 21.1 Å². The third-order valence-corrected chi connectivity index (χ3v) is 5.15. The summed E-state index contributed by atoms with van der Waals surface area (Å²) in [6.07, 6.45) is -0.374. The van der Waals surface area contributed by atoms with Gasteiger partial charge in [0.25, 0.3) is 0 Å². The fraction of sp³-hybridized carbons (Fsp3) is 0.318. The van der Waals surface area contributed by atoms with E-state index in [1.165, 1.54) is 11.8 Å². The fourth-order valence-corrected chi connectivity index (χ4v) is 3.60. The second-order valence-corrected chi connectivity index (χ2v) is 7.31. The van der Waals surface area contributed by atoms with Gasteiger partial charge in [-0.1, -0.05) is 54.6 Å². The number of nitrogens with one attached hydrogen (secondary N) is 1. The molecule has 0 spiro atoms. The van der Waals surface area contributed by atoms with Gasteiger partial charge in [0.15, 0.2) is 0 Å². The number of amides is 3. The molecular weight excluding hydrogens is 370 g/mol. The van der Waals surface area contributed by atoms with Crippen LogP contribution < -0.4 is 11.1 Å². The van der Waals surface area contributed by atoms with Crippen molar-refractivity contribution >= 4 is 17.7 Å². The molecule has 1 aliphatic heterocycles. The Labute approximate surface area is 169 Å². The Bertz CT molecular complexity index is 883. The SMILES string of the molecule is CC(=O)N1C[C@H](O)C[C@H]1C(=O)N[C@H](Cc1ccc(-c2ccccc2)cc1)C(N)=O. The first-order valence-electron chi connectivity index (χ1n) is 9.54. The van der Waals surface area contributed by atoms with Gasteiger partial charge in [0, 0.05) is 26.3 Å². The average molecular weight is 395 g/mol. The van der Waals surface area contributed by atoms with Crippen LogP contribution in [0, 0.1) is 0 Å². The summed E-state index contributed by atoms with van der Waals surface area (Å²) in [5.74, 6) is -1.44. The van der Waals surface area contributed by atoms with E-state index in [2.05, 4.69) is 5.32 Å². The number of nitrogens with two attached hydrogens (primary N) is 1. The van der Waals surface area contributed by atoms with Gasteiger partial charge in [-0.25, -0.2) is 0 Å². The molecule has 1 aliphatic rings. The molecular formula is C22H25N3O4. The highest BCUT2D eigenvalue weighted by Crippen LogP contribution is 2.21. The van der Waals surface area contributed by atoms with Crippen LogP contribution in [0.15, 0.2) is 54.6 Å². The number of nitrogens with zero attached hydrogens (tertiary/aromatic N) is 1. The molecule has 3 rings (SSSR count). The average Bonchev–Trinajstić information content (AvgIpc) is 3.11. The van der Waals surface area contributed by atoms with Gasteiger partial charge in [-0.2, -0.15) is 0 Å². The van der Waals surface area contributed by atoms with Crippen molar-refractivity contribution in [3.63, 3.8) is 0 Å². The maximum absolute atomic E-state index is 12.6. The summed E-state index contributed by atoms with van der Waals surface area (Å²) in [7, 11) is 0. The van der Waals surface area contributed by atoms with Gasteiger partial charge in [-0.3, -0.25) is 14.4 Å². The molecule has 7 heteroatoms. The van der Waals surface area contributed by atoms with Crippen molar-refractivity contribution in [3.05, 3.63) is 60.2 Å². The molecule has 2 aromatic carbocycles. The Hall–Kier alpha value is -3.19. The van der Waals surface area contributed by atoms with Crippen molar-refractivity contribution < 1.29 is 19.5 Å². The van der Waals surface area contributed by atoms with E-state index in [1.807, 2.05) is 54.6 Å². The largest absolute Gasteiger partial charge is 0.391 e. The molecule has 3 amide bonds. The van der Waals surface area contributed by atoms with Crippen LogP contribution in [0.3, 0.4) is 0 Å². The Morgan fingerprint density at radius 1 is 1.10 bits per heavy atom. The number of carbonyl (C=O) groups is 3. The molecule has 0 aliphatic carbocycles. The molecule has 0 aromatic heterocycles. The highest BCUT2D eigenvalue weighted by atomic mass is 16.3. The number of aliphatic hydroxyl groups is 1. The van der Waals surface area contributed by atoms with E-state index in [1.54, 1.807) is 0 Å². The van der Waals surface area contributed by atoms with E-state index in [9.17, 15) is 19.5 Å². The quantitative estimate of drug-likeness (QED) is 0.673. The third kappa shape index (κ3) is 5.00. The predicted octanol–water partition coefficient (Wildman–Crippen LogP) is 0.848. The van der Waals surface area contributed by atoms with Crippen LogP contribution in [0.25, 0.3) is 11.1 Å². The second-order valence-electron chi connectivity index (χ2n) is 7.31. The smallest absolute Gasteiger partial charge is 0.243 e. The van der Waals surface area contributed by atoms with Crippen LogP contribution in [0.5, 0.6) is 0 Å². The molecule has 4 N–H and O–H groups in total. The first kappa shape index (κ1) is 20.5. The molecule has 0 bridgehead atoms. The van der Waals surface area contributed by atoms with Crippen LogP contribution in [0.1, 0.15) is 18.9 Å². The third-order valence-electron chi connectivity index (χ3n) is 5.15. The minimum absolute atomic E-state index is 0.107. The minimum atomic E-state index is -0.906. The van der Waals surface area contributed by atoms with Crippen LogP contribution in [0.2, 0.25) is 0 Å². The Balaban J connectivity index is 1.68. The number of primary amides is 1. The predicted molar refractivity (Wildman–Crippen MR) is 109 cm³/mol. The summed E-state index contributed by atoms with van der Waals surface area (Å²) < 4.78 is 0. The minimum Gasteiger partial charge on any atom is -0.391 e. The highest BCUT2D eigenvalue weighted by molar-refractivity contribution is 5.91. The molecule has 7 nitrogen and oxygen atoms in total. The van der Waals surface area contributed by atoms with Gasteiger partial charge in [-0.05, 0) is 16.7 Å². The van der Waals surface area contributed by atoms with Crippen molar-refractivity contribution in [2.24, 2.45) is 5.73 Å². The molecule has 29 heavy (non-hydrogen) atoms. The van der Waals surface area contributed by atoms with Gasteiger partial charge >= 0.3 is 0 Å². The zero-order valence-electron chi connectivity index (χ0n) is 16.2. The number of carbonyl (C=O) groups excluding carboxylic acids is 3. The lowest BCUT2D eigenvalue weighted by molar-refractivity contribution is -0.138. The van der Waals surface area contributed by atoms with E-state index >= 15 is 0 Å². The first-order chi connectivity index (χ1) is 13.8. The van der Waals surface area contributed by atoms with E-state index in [-0.39, 0.29) is 25.3 Å². The first-order valence-corrected chi connectivity index (χ1v) is 9.54. The summed E-state index contributed by atoms with van der Waals surface area (Å²) in [4.78, 5) is 37.5. The van der Waals surface area contributed by atoms with Gasteiger partial charge in [0.1, 0.15) is 12.1 Å². The molecule has 1 heterocycles. The monoisotopic (exact) mass is 395 g/mol. The van der Waals surface area contributed by atoms with E-state index in [0.717, 1.165) is 16.7 Å². The molecule has 1 saturated heterocycles. The Morgan fingerprint density at radius 2 is 1.72 bits per heavy atom. The number of hydrogen-bond donors (Lipinski definition) is 3. The molecule has 0 saturated carbocycles. The van der Waals surface area contributed by atoms with Crippen LogP contribution in [-0.2, 0) is 20.8 Å². The summed E-state index contributed by atoms with van der Waals surface area (Å²) in [5.41, 5.74) is 8.47. The van der Waals surface area contributed by atoms with Crippen molar-refractivity contribution in [1.82, 2.24) is 10.2 Å². The molecule has 152 valence electrons. The number of likely N-dealkylation sites (tertiary alicyclic amines) is 1. The van der Waals surface area contributed by atoms with Gasteiger partial charge in [-0.15, -0.1) is 0 Å². The van der Waals surface area contributed by atoms with Gasteiger partial charge in [0.05, 0.1) is 6.10 Å². The van der Waals surface area contributed by atoms with Crippen molar-refractivity contribution in [3.8, 4) is 11.1 Å². The highest BCUT2D eigenvalue weighted by Gasteiger charge is 2.38. The summed E-state index contributed by atoms with van der Waals surface area (Å²) in [6.45, 7) is 1.45. The number of rotatable bonds is 6. The van der Waals surface area contributed by atoms with Crippen LogP contribution in [0.4, 0.5) is 0 Å². The van der Waals surface area contributed by atoms with Gasteiger partial charge in [0.2, 0.25) is 17.7 Å². The number of hydrogen-bond acceptors (Lipinski definition) is 4. The normalized spacial score (nSPS) is 19.6. The summed E-state index contributed by atoms with van der Waals surface area (Å²) in [6, 6.07) is 15.9. The summed E-state index contributed by atoms with van der Waals surface area (Å²) >= 11 is 0. The van der Waals surface area contributed by atoms with Crippen LogP contribution in [-0.4, -0.2) is 52.5 Å². The standard InChI is InChI=1S/C22H25N3O4/c1-14(26)25-13-18(27)12-20(25)22(29)24-19(21(23)28)11-15-7-9-17(10-8-15)16-5-3-2-4-6-16/h2-10,18-20,27H,11-13H2,1H3,(H2,23,28)(H,24,29)/t18-,19-,20+/m1/s1. The zero-order chi connectivity index (χ0) is 21.0. The lowest BCUT2D eigenvalue weighted by Gasteiger charge is -2.24. The van der Waals surface area contributed by atoms with E-state index in [0.29, 0.717) is 0 Å². The van der Waals surface area contributed by atoms with Crippen molar-refractivity contribution in [2.75, 3.05) is 6.54 Å². The zero-order valence-corrected chi connectivity index (χ0v) is 16.2. The molecule has 3 atom stereocenters. The molecule has 1 fully saturated rings.